The number of carbonyl (C=O) groups is 1. The molecule has 1 aromatic heterocycles. The highest BCUT2D eigenvalue weighted by Crippen LogP contribution is 2.32. The molecule has 0 aliphatic carbocycles. The number of urea groups is 1. The number of hydrogen-bond acceptors (Lipinski definition) is 4. The van der Waals surface area contributed by atoms with Crippen molar-refractivity contribution < 1.29 is 9.18 Å². The normalized spacial score (nSPS) is 14.7. The van der Waals surface area contributed by atoms with Crippen molar-refractivity contribution in [3.63, 3.8) is 0 Å². The molecule has 30 heavy (non-hydrogen) atoms. The van der Waals surface area contributed by atoms with Crippen LogP contribution < -0.4 is 10.2 Å². The fourth-order valence-electron chi connectivity index (χ4n) is 3.84. The van der Waals surface area contributed by atoms with E-state index in [0.29, 0.717) is 50.5 Å². The summed E-state index contributed by atoms with van der Waals surface area (Å²) >= 11 is 0. The summed E-state index contributed by atoms with van der Waals surface area (Å²) in [6.45, 7) is 13.4. The first kappa shape index (κ1) is 22.0. The van der Waals surface area contributed by atoms with Gasteiger partial charge in [0.05, 0.1) is 5.69 Å². The number of amides is 2. The van der Waals surface area contributed by atoms with E-state index in [2.05, 4.69) is 31.0 Å². The second kappa shape index (κ2) is 8.98. The van der Waals surface area contributed by atoms with Gasteiger partial charge in [-0.05, 0) is 25.5 Å². The van der Waals surface area contributed by atoms with Gasteiger partial charge in [0.15, 0.2) is 0 Å². The Kier molecular flexibility index (Phi) is 6.58. The smallest absolute Gasteiger partial charge is 0.317 e. The average Bonchev–Trinajstić information content (AvgIpc) is 2.70. The van der Waals surface area contributed by atoms with Crippen molar-refractivity contribution in [3.8, 4) is 0 Å². The Balaban J connectivity index is 1.97. The first-order valence-corrected chi connectivity index (χ1v) is 10.6. The van der Waals surface area contributed by atoms with E-state index in [0.717, 1.165) is 17.1 Å². The van der Waals surface area contributed by atoms with E-state index in [1.807, 2.05) is 30.9 Å². The summed E-state index contributed by atoms with van der Waals surface area (Å²) in [5, 5.41) is 2.86. The molecule has 0 spiro atoms. The van der Waals surface area contributed by atoms with Crippen LogP contribution in [-0.4, -0.2) is 53.6 Å². The minimum absolute atomic E-state index is 0.0296. The van der Waals surface area contributed by atoms with Crippen molar-refractivity contribution in [1.29, 1.82) is 0 Å². The van der Waals surface area contributed by atoms with Crippen molar-refractivity contribution in [3.05, 3.63) is 52.7 Å². The minimum Gasteiger partial charge on any atom is -0.353 e. The van der Waals surface area contributed by atoms with Crippen molar-refractivity contribution in [1.82, 2.24) is 20.2 Å². The first-order valence-electron chi connectivity index (χ1n) is 10.6. The molecule has 6 nitrogen and oxygen atoms in total. The lowest BCUT2D eigenvalue weighted by Crippen LogP contribution is -2.52. The van der Waals surface area contributed by atoms with Crippen molar-refractivity contribution in [2.75, 3.05) is 37.6 Å². The van der Waals surface area contributed by atoms with E-state index in [1.165, 1.54) is 6.07 Å². The molecule has 0 saturated carbocycles. The summed E-state index contributed by atoms with van der Waals surface area (Å²) in [5.41, 5.74) is 2.34. The minimum atomic E-state index is -0.218. The number of nitrogens with one attached hydrogen (secondary N) is 1. The van der Waals surface area contributed by atoms with E-state index in [4.69, 9.17) is 9.97 Å². The van der Waals surface area contributed by atoms with Crippen LogP contribution in [0.15, 0.2) is 24.3 Å². The fourth-order valence-corrected chi connectivity index (χ4v) is 3.84. The van der Waals surface area contributed by atoms with Gasteiger partial charge < -0.3 is 15.1 Å². The largest absolute Gasteiger partial charge is 0.353 e. The lowest BCUT2D eigenvalue weighted by molar-refractivity contribution is 0.195. The van der Waals surface area contributed by atoms with E-state index < -0.39 is 0 Å². The quantitative estimate of drug-likeness (QED) is 0.831. The predicted octanol–water partition coefficient (Wildman–Crippen LogP) is 3.66. The predicted molar refractivity (Wildman–Crippen MR) is 118 cm³/mol. The summed E-state index contributed by atoms with van der Waals surface area (Å²) in [4.78, 5) is 25.7. The highest BCUT2D eigenvalue weighted by Gasteiger charge is 2.29. The molecule has 162 valence electrons. The second-order valence-electron chi connectivity index (χ2n) is 8.75. The molecule has 2 aromatic rings. The molecule has 2 amide bonds. The molecule has 0 atom stereocenters. The molecular weight excluding hydrogens is 381 g/mol. The Hall–Kier alpha value is -2.70. The Bertz CT molecular complexity index is 901. The summed E-state index contributed by atoms with van der Waals surface area (Å²) in [5.74, 6) is 1.34. The van der Waals surface area contributed by atoms with Crippen LogP contribution in [0.25, 0.3) is 0 Å². The number of halogens is 1. The molecule has 0 radical (unpaired) electrons. The van der Waals surface area contributed by atoms with E-state index in [9.17, 15) is 9.18 Å². The zero-order chi connectivity index (χ0) is 21.9. The third kappa shape index (κ3) is 4.89. The van der Waals surface area contributed by atoms with Crippen LogP contribution in [0, 0.1) is 12.7 Å². The standard InChI is InChI=1S/C23H32FN5O/c1-6-25-22(30)29-13-11-28(12-14-29)21-18(15-17-9-7-8-10-19(17)24)20(23(3,4)5)26-16(2)27-21/h7-10H,6,11-15H2,1-5H3,(H,25,30). The van der Waals surface area contributed by atoms with Gasteiger partial charge in [-0.3, -0.25) is 0 Å². The third-order valence-electron chi connectivity index (χ3n) is 5.33. The molecule has 2 heterocycles. The maximum atomic E-state index is 14.5. The Labute approximate surface area is 178 Å². The summed E-state index contributed by atoms with van der Waals surface area (Å²) < 4.78 is 14.5. The van der Waals surface area contributed by atoms with Crippen LogP contribution >= 0.6 is 0 Å². The summed E-state index contributed by atoms with van der Waals surface area (Å²) in [6, 6.07) is 6.84. The van der Waals surface area contributed by atoms with Crippen LogP contribution in [0.1, 0.15) is 50.3 Å². The molecule has 1 aliphatic rings. The van der Waals surface area contributed by atoms with Crippen LogP contribution in [-0.2, 0) is 11.8 Å². The van der Waals surface area contributed by atoms with Gasteiger partial charge in [-0.1, -0.05) is 39.0 Å². The van der Waals surface area contributed by atoms with Crippen molar-refractivity contribution in [2.45, 2.75) is 46.5 Å². The van der Waals surface area contributed by atoms with Gasteiger partial charge >= 0.3 is 6.03 Å². The Morgan fingerprint density at radius 2 is 1.80 bits per heavy atom. The van der Waals surface area contributed by atoms with Crippen LogP contribution in [0.3, 0.4) is 0 Å². The number of hydrogen-bond donors (Lipinski definition) is 1. The molecule has 1 N–H and O–H groups in total. The molecule has 7 heteroatoms. The SMILES string of the molecule is CCNC(=O)N1CCN(c2nc(C)nc(C(C)(C)C)c2Cc2ccccc2F)CC1. The number of rotatable bonds is 4. The Morgan fingerprint density at radius 1 is 1.13 bits per heavy atom. The number of benzene rings is 1. The maximum Gasteiger partial charge on any atom is 0.317 e. The fraction of sp³-hybridized carbons (Fsp3) is 0.522. The maximum absolute atomic E-state index is 14.5. The molecule has 0 bridgehead atoms. The summed E-state index contributed by atoms with van der Waals surface area (Å²) in [7, 11) is 0. The lowest BCUT2D eigenvalue weighted by Gasteiger charge is -2.37. The van der Waals surface area contributed by atoms with Crippen molar-refractivity contribution in [2.24, 2.45) is 0 Å². The molecular formula is C23H32FN5O. The van der Waals surface area contributed by atoms with Gasteiger partial charge in [-0.2, -0.15) is 0 Å². The van der Waals surface area contributed by atoms with Gasteiger partial charge in [0.1, 0.15) is 17.5 Å². The Morgan fingerprint density at radius 3 is 2.40 bits per heavy atom. The molecule has 0 unspecified atom stereocenters. The zero-order valence-corrected chi connectivity index (χ0v) is 18.6. The second-order valence-corrected chi connectivity index (χ2v) is 8.75. The van der Waals surface area contributed by atoms with Gasteiger partial charge in [0.25, 0.3) is 0 Å². The van der Waals surface area contributed by atoms with Gasteiger partial charge in [0.2, 0.25) is 0 Å². The average molecular weight is 414 g/mol. The zero-order valence-electron chi connectivity index (χ0n) is 18.6. The monoisotopic (exact) mass is 413 g/mol. The van der Waals surface area contributed by atoms with Crippen LogP contribution in [0.4, 0.5) is 15.0 Å². The lowest BCUT2D eigenvalue weighted by atomic mass is 9.86. The number of aromatic nitrogens is 2. The molecule has 1 saturated heterocycles. The van der Waals surface area contributed by atoms with Crippen molar-refractivity contribution >= 4 is 11.8 Å². The number of aryl methyl sites for hydroxylation is 1. The van der Waals surface area contributed by atoms with Crippen LogP contribution in [0.5, 0.6) is 0 Å². The molecule has 1 fully saturated rings. The molecule has 1 aromatic carbocycles. The molecule has 3 rings (SSSR count). The summed E-state index contributed by atoms with van der Waals surface area (Å²) in [6.07, 6.45) is 0.436. The highest BCUT2D eigenvalue weighted by molar-refractivity contribution is 5.74. The van der Waals surface area contributed by atoms with Gasteiger partial charge in [0, 0.05) is 50.1 Å². The number of anilines is 1. The first-order chi connectivity index (χ1) is 14.2. The van der Waals surface area contributed by atoms with E-state index >= 15 is 0 Å². The van der Waals surface area contributed by atoms with E-state index in [-0.39, 0.29) is 17.3 Å². The highest BCUT2D eigenvalue weighted by atomic mass is 19.1. The van der Waals surface area contributed by atoms with Crippen LogP contribution in [0.2, 0.25) is 0 Å². The van der Waals surface area contributed by atoms with Gasteiger partial charge in [-0.25, -0.2) is 19.2 Å². The third-order valence-corrected chi connectivity index (χ3v) is 5.33. The molecule has 1 aliphatic heterocycles. The number of carbonyl (C=O) groups excluding carboxylic acids is 1. The number of nitrogens with zero attached hydrogens (tertiary/aromatic N) is 4. The topological polar surface area (TPSA) is 61.4 Å². The van der Waals surface area contributed by atoms with Gasteiger partial charge in [-0.15, -0.1) is 0 Å². The number of piperazine rings is 1. The van der Waals surface area contributed by atoms with E-state index in [1.54, 1.807) is 6.07 Å².